The van der Waals surface area contributed by atoms with Gasteiger partial charge in [-0.25, -0.2) is 0 Å². The molecule has 5 rings (SSSR count). The van der Waals surface area contributed by atoms with Gasteiger partial charge in [-0.2, -0.15) is 0 Å². The van der Waals surface area contributed by atoms with Crippen LogP contribution in [0.25, 0.3) is 11.1 Å². The van der Waals surface area contributed by atoms with Crippen molar-refractivity contribution in [3.63, 3.8) is 0 Å². The number of para-hydroxylation sites is 1. The number of aliphatic hydroxyl groups excluding tert-OH is 2. The maximum atomic E-state index is 12.9. The summed E-state index contributed by atoms with van der Waals surface area (Å²) in [6.45, 7) is 3.38. The first-order chi connectivity index (χ1) is 17.1. The van der Waals surface area contributed by atoms with Crippen LogP contribution in [0.3, 0.4) is 0 Å². The van der Waals surface area contributed by atoms with Crippen molar-refractivity contribution in [3.8, 4) is 11.1 Å². The fraction of sp³-hybridized carbons (Fsp3) is 0.345. The van der Waals surface area contributed by atoms with E-state index in [-0.39, 0.29) is 18.5 Å². The Bertz CT molecular complexity index is 1130. The summed E-state index contributed by atoms with van der Waals surface area (Å²) in [4.78, 5) is 17.3. The molecule has 0 radical (unpaired) electrons. The van der Waals surface area contributed by atoms with Crippen molar-refractivity contribution in [3.05, 3.63) is 90.0 Å². The van der Waals surface area contributed by atoms with Crippen LogP contribution in [0.4, 0.5) is 5.69 Å². The molecule has 1 amide bonds. The third-order valence-electron chi connectivity index (χ3n) is 7.22. The summed E-state index contributed by atoms with van der Waals surface area (Å²) in [6, 6.07) is 25.6. The zero-order valence-electron chi connectivity index (χ0n) is 19.9. The van der Waals surface area contributed by atoms with Crippen molar-refractivity contribution in [1.82, 2.24) is 10.2 Å². The molecule has 0 aliphatic carbocycles. The van der Waals surface area contributed by atoms with E-state index in [4.69, 9.17) is 0 Å². The molecule has 0 unspecified atom stereocenters. The van der Waals surface area contributed by atoms with Gasteiger partial charge in [0.25, 0.3) is 5.91 Å². The fourth-order valence-corrected chi connectivity index (χ4v) is 5.26. The van der Waals surface area contributed by atoms with Crippen LogP contribution in [0.15, 0.2) is 78.9 Å². The summed E-state index contributed by atoms with van der Waals surface area (Å²) in [5.41, 5.74) is 5.14. The predicted molar refractivity (Wildman–Crippen MR) is 138 cm³/mol. The van der Waals surface area contributed by atoms with Gasteiger partial charge < -0.3 is 20.4 Å². The van der Waals surface area contributed by atoms with Gasteiger partial charge in [-0.1, -0.05) is 60.7 Å². The molecule has 35 heavy (non-hydrogen) atoms. The van der Waals surface area contributed by atoms with E-state index in [1.165, 1.54) is 24.1 Å². The Kier molecular flexibility index (Phi) is 7.13. The third kappa shape index (κ3) is 5.25. The zero-order valence-corrected chi connectivity index (χ0v) is 19.9. The van der Waals surface area contributed by atoms with E-state index < -0.39 is 12.2 Å². The number of rotatable bonds is 7. The normalized spacial score (nSPS) is 22.5. The van der Waals surface area contributed by atoms with Gasteiger partial charge in [-0.05, 0) is 47.7 Å². The number of likely N-dealkylation sites (tertiary alicyclic amines) is 1. The Morgan fingerprint density at radius 3 is 2.26 bits per heavy atom. The minimum atomic E-state index is -0.908. The summed E-state index contributed by atoms with van der Waals surface area (Å²) in [5, 5.41) is 24.1. The van der Waals surface area contributed by atoms with E-state index in [1.54, 1.807) is 0 Å². The first-order valence-corrected chi connectivity index (χ1v) is 12.5. The number of β-amino-alcohol motifs (C(OH)–C–C–N with tert-alkyl or cyclic N) is 1. The zero-order chi connectivity index (χ0) is 24.2. The van der Waals surface area contributed by atoms with Crippen LogP contribution in [0, 0.1) is 0 Å². The first kappa shape index (κ1) is 23.5. The van der Waals surface area contributed by atoms with Gasteiger partial charge in [0.15, 0.2) is 0 Å². The van der Waals surface area contributed by atoms with Crippen molar-refractivity contribution in [1.29, 1.82) is 0 Å². The van der Waals surface area contributed by atoms with Gasteiger partial charge in [0.2, 0.25) is 0 Å². The number of carbonyl (C=O) groups is 1. The number of aliphatic hydroxyl groups is 2. The quantitative estimate of drug-likeness (QED) is 0.493. The van der Waals surface area contributed by atoms with Gasteiger partial charge in [0.05, 0.1) is 18.2 Å². The lowest BCUT2D eigenvalue weighted by molar-refractivity contribution is 0.0370. The number of benzene rings is 3. The highest BCUT2D eigenvalue weighted by Crippen LogP contribution is 2.28. The molecular weight excluding hydrogens is 438 g/mol. The average Bonchev–Trinajstić information content (AvgIpc) is 3.52. The number of carbonyl (C=O) groups excluding carboxylic acids is 1. The summed E-state index contributed by atoms with van der Waals surface area (Å²) in [7, 11) is 0. The number of nitrogens with one attached hydrogen (secondary N) is 1. The molecule has 2 fully saturated rings. The maximum Gasteiger partial charge on any atom is 0.251 e. The van der Waals surface area contributed by atoms with Crippen LogP contribution in [-0.4, -0.2) is 65.4 Å². The van der Waals surface area contributed by atoms with E-state index in [0.29, 0.717) is 18.7 Å². The summed E-state index contributed by atoms with van der Waals surface area (Å²) in [5.74, 6) is -0.185. The van der Waals surface area contributed by atoms with Crippen molar-refractivity contribution >= 4 is 11.6 Å². The number of hydrogen-bond acceptors (Lipinski definition) is 5. The second-order valence-electron chi connectivity index (χ2n) is 9.53. The average molecular weight is 472 g/mol. The fourth-order valence-electron chi connectivity index (χ4n) is 5.26. The Morgan fingerprint density at radius 1 is 0.857 bits per heavy atom. The first-order valence-electron chi connectivity index (χ1n) is 12.5. The van der Waals surface area contributed by atoms with Gasteiger partial charge in [0, 0.05) is 44.0 Å². The van der Waals surface area contributed by atoms with E-state index >= 15 is 0 Å². The van der Waals surface area contributed by atoms with E-state index in [2.05, 4.69) is 33.3 Å². The van der Waals surface area contributed by atoms with Crippen molar-refractivity contribution in [2.75, 3.05) is 31.1 Å². The third-order valence-corrected chi connectivity index (χ3v) is 7.22. The molecule has 2 aliphatic heterocycles. The van der Waals surface area contributed by atoms with Crippen LogP contribution >= 0.6 is 0 Å². The smallest absolute Gasteiger partial charge is 0.251 e. The van der Waals surface area contributed by atoms with Crippen LogP contribution in [-0.2, 0) is 6.54 Å². The molecule has 0 bridgehead atoms. The number of anilines is 1. The standard InChI is InChI=1S/C29H33N3O3/c33-27-20-32(19-24-10-4-5-11-25(24)31-16-6-7-17-31)26(28(27)34)18-30-29(35)23-14-12-22(13-15-23)21-8-2-1-3-9-21/h1-5,8-15,26-28,33-34H,6-7,16-20H2,(H,30,35)/t26-,27-,28+/m0/s1. The largest absolute Gasteiger partial charge is 0.389 e. The van der Waals surface area contributed by atoms with E-state index in [9.17, 15) is 15.0 Å². The molecule has 3 N–H and O–H groups in total. The molecule has 3 aromatic carbocycles. The Morgan fingerprint density at radius 2 is 1.51 bits per heavy atom. The topological polar surface area (TPSA) is 76.0 Å². The second kappa shape index (κ2) is 10.6. The molecule has 0 aromatic heterocycles. The maximum absolute atomic E-state index is 12.9. The molecule has 0 saturated carbocycles. The van der Waals surface area contributed by atoms with Gasteiger partial charge in [0.1, 0.15) is 0 Å². The van der Waals surface area contributed by atoms with E-state index in [1.807, 2.05) is 60.7 Å². The summed E-state index contributed by atoms with van der Waals surface area (Å²) >= 11 is 0. The Hall–Kier alpha value is -3.19. The summed E-state index contributed by atoms with van der Waals surface area (Å²) in [6.07, 6.45) is 0.670. The lowest BCUT2D eigenvalue weighted by atomic mass is 10.0. The highest BCUT2D eigenvalue weighted by molar-refractivity contribution is 5.94. The Labute approximate surface area is 206 Å². The van der Waals surface area contributed by atoms with Gasteiger partial charge >= 0.3 is 0 Å². The SMILES string of the molecule is O=C(NC[C@H]1[C@@H](O)[C@@H](O)CN1Cc1ccccc1N1CCCC1)c1ccc(-c2ccccc2)cc1. The molecule has 6 nitrogen and oxygen atoms in total. The molecule has 0 spiro atoms. The van der Waals surface area contributed by atoms with Crippen LogP contribution in [0.5, 0.6) is 0 Å². The van der Waals surface area contributed by atoms with Gasteiger partial charge in [-0.3, -0.25) is 9.69 Å². The highest BCUT2D eigenvalue weighted by Gasteiger charge is 2.40. The van der Waals surface area contributed by atoms with Crippen molar-refractivity contribution in [2.24, 2.45) is 0 Å². The molecule has 3 aromatic rings. The number of hydrogen-bond donors (Lipinski definition) is 3. The van der Waals surface area contributed by atoms with Crippen LogP contribution in [0.1, 0.15) is 28.8 Å². The monoisotopic (exact) mass is 471 g/mol. The minimum absolute atomic E-state index is 0.185. The number of amides is 1. The molecule has 2 saturated heterocycles. The summed E-state index contributed by atoms with van der Waals surface area (Å²) < 4.78 is 0. The molecule has 2 aliphatic rings. The molecule has 2 heterocycles. The lowest BCUT2D eigenvalue weighted by Gasteiger charge is -2.28. The lowest BCUT2D eigenvalue weighted by Crippen LogP contribution is -2.45. The molecular formula is C29H33N3O3. The van der Waals surface area contributed by atoms with Crippen LogP contribution in [0.2, 0.25) is 0 Å². The van der Waals surface area contributed by atoms with Crippen molar-refractivity contribution in [2.45, 2.75) is 37.6 Å². The Balaban J connectivity index is 1.25. The van der Waals surface area contributed by atoms with Crippen molar-refractivity contribution < 1.29 is 15.0 Å². The molecule has 182 valence electrons. The van der Waals surface area contributed by atoms with Gasteiger partial charge in [-0.15, -0.1) is 0 Å². The number of nitrogens with zero attached hydrogens (tertiary/aromatic N) is 2. The minimum Gasteiger partial charge on any atom is -0.389 e. The molecule has 3 atom stereocenters. The predicted octanol–water partition coefficient (Wildman–Crippen LogP) is 3.29. The molecule has 6 heteroatoms. The van der Waals surface area contributed by atoms with Crippen LogP contribution < -0.4 is 10.2 Å². The van der Waals surface area contributed by atoms with E-state index in [0.717, 1.165) is 24.2 Å². The highest BCUT2D eigenvalue weighted by atomic mass is 16.3. The second-order valence-corrected chi connectivity index (χ2v) is 9.53.